The minimum absolute atomic E-state index is 0. The molecule has 2 aliphatic rings. The van der Waals surface area contributed by atoms with Crippen LogP contribution < -0.4 is 15.5 Å². The van der Waals surface area contributed by atoms with Gasteiger partial charge in [-0.25, -0.2) is 4.99 Å². The highest BCUT2D eigenvalue weighted by Crippen LogP contribution is 2.35. The van der Waals surface area contributed by atoms with Gasteiger partial charge >= 0.3 is 6.18 Å². The number of nitrogens with one attached hydrogen (secondary N) is 2. The number of morpholine rings is 1. The number of aliphatic imine (C=N–C) groups is 1. The van der Waals surface area contributed by atoms with E-state index in [1.54, 1.807) is 6.07 Å². The third kappa shape index (κ3) is 8.93. The van der Waals surface area contributed by atoms with Crippen LogP contribution >= 0.6 is 24.0 Å². The van der Waals surface area contributed by atoms with Crippen molar-refractivity contribution in [3.05, 3.63) is 29.3 Å². The van der Waals surface area contributed by atoms with Gasteiger partial charge in [0.25, 0.3) is 0 Å². The maximum atomic E-state index is 13.7. The lowest BCUT2D eigenvalue weighted by molar-refractivity contribution is -0.138. The van der Waals surface area contributed by atoms with Crippen LogP contribution in [-0.4, -0.2) is 58.6 Å². The van der Waals surface area contributed by atoms with Crippen LogP contribution in [0, 0.1) is 5.92 Å². The topological polar surface area (TPSA) is 58.1 Å². The van der Waals surface area contributed by atoms with Gasteiger partial charge in [-0.2, -0.15) is 13.2 Å². The van der Waals surface area contributed by atoms with Crippen molar-refractivity contribution in [1.82, 2.24) is 10.6 Å². The first-order valence-corrected chi connectivity index (χ1v) is 11.1. The van der Waals surface area contributed by atoms with E-state index in [4.69, 9.17) is 9.47 Å². The highest BCUT2D eigenvalue weighted by Gasteiger charge is 2.34. The molecule has 32 heavy (non-hydrogen) atoms. The van der Waals surface area contributed by atoms with E-state index in [1.165, 1.54) is 25.0 Å². The lowest BCUT2D eigenvalue weighted by Crippen LogP contribution is -2.38. The molecule has 1 aliphatic heterocycles. The van der Waals surface area contributed by atoms with E-state index in [2.05, 4.69) is 15.6 Å². The zero-order chi connectivity index (χ0) is 22.1. The Morgan fingerprint density at radius 2 is 1.97 bits per heavy atom. The van der Waals surface area contributed by atoms with Gasteiger partial charge in [-0.15, -0.1) is 24.0 Å². The molecule has 0 spiro atoms. The van der Waals surface area contributed by atoms with Crippen molar-refractivity contribution in [2.45, 2.75) is 38.9 Å². The van der Waals surface area contributed by atoms with Gasteiger partial charge in [0.2, 0.25) is 0 Å². The molecule has 0 aromatic heterocycles. The van der Waals surface area contributed by atoms with Gasteiger partial charge in [-0.3, -0.25) is 0 Å². The molecular formula is C22H34F3IN4O2. The number of ether oxygens (including phenoxy) is 2. The van der Waals surface area contributed by atoms with Crippen LogP contribution in [0.2, 0.25) is 0 Å². The molecule has 10 heteroatoms. The maximum Gasteiger partial charge on any atom is 0.416 e. The van der Waals surface area contributed by atoms with Crippen LogP contribution in [0.25, 0.3) is 0 Å². The van der Waals surface area contributed by atoms with Crippen LogP contribution in [0.15, 0.2) is 23.2 Å². The van der Waals surface area contributed by atoms with Crippen LogP contribution in [-0.2, 0) is 22.2 Å². The number of benzene rings is 1. The van der Waals surface area contributed by atoms with Crippen LogP contribution in [0.3, 0.4) is 0 Å². The lowest BCUT2D eigenvalue weighted by Gasteiger charge is -2.29. The van der Waals surface area contributed by atoms with Crippen molar-refractivity contribution < 1.29 is 22.6 Å². The Bertz CT molecular complexity index is 724. The molecule has 1 saturated carbocycles. The monoisotopic (exact) mass is 570 g/mol. The van der Waals surface area contributed by atoms with E-state index in [0.717, 1.165) is 18.9 Å². The number of nitrogens with zero attached hydrogens (tertiary/aromatic N) is 2. The molecule has 0 amide bonds. The fourth-order valence-electron chi connectivity index (χ4n) is 3.41. The molecule has 6 nitrogen and oxygen atoms in total. The highest BCUT2D eigenvalue weighted by atomic mass is 127. The van der Waals surface area contributed by atoms with E-state index in [1.807, 2.05) is 11.8 Å². The summed E-state index contributed by atoms with van der Waals surface area (Å²) in [6.45, 7) is 6.89. The van der Waals surface area contributed by atoms with Crippen LogP contribution in [0.1, 0.15) is 37.3 Å². The number of guanidine groups is 1. The van der Waals surface area contributed by atoms with Gasteiger partial charge < -0.3 is 25.0 Å². The summed E-state index contributed by atoms with van der Waals surface area (Å²) in [6.07, 6.45) is -1.08. The summed E-state index contributed by atoms with van der Waals surface area (Å²) in [4.78, 5) is 6.30. The third-order valence-electron chi connectivity index (χ3n) is 5.34. The predicted molar refractivity (Wildman–Crippen MR) is 131 cm³/mol. The molecule has 1 heterocycles. The average Bonchev–Trinajstić information content (AvgIpc) is 3.58. The third-order valence-corrected chi connectivity index (χ3v) is 5.34. The Morgan fingerprint density at radius 1 is 1.22 bits per heavy atom. The molecule has 0 bridgehead atoms. The average molecular weight is 570 g/mol. The number of rotatable bonds is 10. The van der Waals surface area contributed by atoms with Gasteiger partial charge in [0, 0.05) is 45.1 Å². The maximum absolute atomic E-state index is 13.7. The highest BCUT2D eigenvalue weighted by molar-refractivity contribution is 14.0. The summed E-state index contributed by atoms with van der Waals surface area (Å²) in [7, 11) is 0. The molecule has 2 fully saturated rings. The minimum Gasteiger partial charge on any atom is -0.381 e. The first-order chi connectivity index (χ1) is 15.0. The van der Waals surface area contributed by atoms with Crippen molar-refractivity contribution in [2.24, 2.45) is 10.9 Å². The van der Waals surface area contributed by atoms with Crippen molar-refractivity contribution in [1.29, 1.82) is 0 Å². The summed E-state index contributed by atoms with van der Waals surface area (Å²) in [5.41, 5.74) is 0.0960. The zero-order valence-electron chi connectivity index (χ0n) is 18.5. The lowest BCUT2D eigenvalue weighted by atomic mass is 10.1. The van der Waals surface area contributed by atoms with Crippen molar-refractivity contribution in [2.75, 3.05) is 57.5 Å². The number of hydrogen-bond donors (Lipinski definition) is 2. The molecular weight excluding hydrogens is 536 g/mol. The molecule has 182 valence electrons. The Hall–Kier alpha value is -1.27. The van der Waals surface area contributed by atoms with Gasteiger partial charge in [-0.1, -0.05) is 6.07 Å². The fourth-order valence-corrected chi connectivity index (χ4v) is 3.41. The summed E-state index contributed by atoms with van der Waals surface area (Å²) in [6, 6.07) is 4.50. The van der Waals surface area contributed by atoms with Crippen LogP contribution in [0.5, 0.6) is 0 Å². The molecule has 1 aliphatic carbocycles. The largest absolute Gasteiger partial charge is 0.416 e. The molecule has 1 aromatic carbocycles. The molecule has 1 aromatic rings. The van der Waals surface area contributed by atoms with Gasteiger partial charge in [0.1, 0.15) is 0 Å². The predicted octanol–water partition coefficient (Wildman–Crippen LogP) is 4.03. The first kappa shape index (κ1) is 27.0. The fraction of sp³-hybridized carbons (Fsp3) is 0.682. The molecule has 1 saturated heterocycles. The summed E-state index contributed by atoms with van der Waals surface area (Å²) >= 11 is 0. The van der Waals surface area contributed by atoms with Crippen LogP contribution in [0.4, 0.5) is 18.9 Å². The van der Waals surface area contributed by atoms with E-state index in [0.29, 0.717) is 57.6 Å². The van der Waals surface area contributed by atoms with Crippen molar-refractivity contribution in [3.8, 4) is 0 Å². The smallest absolute Gasteiger partial charge is 0.381 e. The number of hydrogen-bond acceptors (Lipinski definition) is 4. The van der Waals surface area contributed by atoms with E-state index < -0.39 is 11.7 Å². The van der Waals surface area contributed by atoms with Gasteiger partial charge in [-0.05, 0) is 49.8 Å². The van der Waals surface area contributed by atoms with Gasteiger partial charge in [0.05, 0.1) is 25.3 Å². The normalized spacial score (nSPS) is 17.1. The number of alkyl halides is 3. The molecule has 3 rings (SSSR count). The zero-order valence-corrected chi connectivity index (χ0v) is 20.9. The Labute approximate surface area is 205 Å². The summed E-state index contributed by atoms with van der Waals surface area (Å²) < 4.78 is 52.0. The van der Waals surface area contributed by atoms with E-state index in [-0.39, 0.29) is 36.1 Å². The van der Waals surface area contributed by atoms with E-state index in [9.17, 15) is 13.2 Å². The Kier molecular flexibility index (Phi) is 11.3. The second-order valence-electron chi connectivity index (χ2n) is 7.93. The number of halogens is 4. The quantitative estimate of drug-likeness (QED) is 0.193. The Balaban J connectivity index is 0.00000363. The summed E-state index contributed by atoms with van der Waals surface area (Å²) in [5, 5.41) is 6.26. The standard InChI is InChI=1S/C22H33F3N4O2.HI/c1-2-26-21(27-8-3-11-31-16-17-4-5-17)28-15-18-6-7-19(14-20(18)22(23,24)25)29-9-12-30-13-10-29;/h6-7,14,17H,2-5,8-13,15-16H2,1H3,(H2,26,27,28);1H. The molecule has 2 N–H and O–H groups in total. The van der Waals surface area contributed by atoms with Crippen molar-refractivity contribution >= 4 is 35.6 Å². The SMILES string of the molecule is CCNC(=NCc1ccc(N2CCOCC2)cc1C(F)(F)F)NCCCOCC1CC1.I. The minimum atomic E-state index is -4.43. The second-order valence-corrected chi connectivity index (χ2v) is 7.93. The first-order valence-electron chi connectivity index (χ1n) is 11.1. The second kappa shape index (κ2) is 13.4. The number of anilines is 1. The molecule has 0 unspecified atom stereocenters. The Morgan fingerprint density at radius 3 is 2.62 bits per heavy atom. The molecule has 0 radical (unpaired) electrons. The molecule has 0 atom stereocenters. The van der Waals surface area contributed by atoms with Crippen molar-refractivity contribution in [3.63, 3.8) is 0 Å². The van der Waals surface area contributed by atoms with E-state index >= 15 is 0 Å². The van der Waals surface area contributed by atoms with Gasteiger partial charge in [0.15, 0.2) is 5.96 Å². The summed E-state index contributed by atoms with van der Waals surface area (Å²) in [5.74, 6) is 1.25.